The molecule has 2 heterocycles. The molecule has 2 aliphatic heterocycles. The van der Waals surface area contributed by atoms with Gasteiger partial charge < -0.3 is 14.8 Å². The van der Waals surface area contributed by atoms with Crippen molar-refractivity contribution in [3.8, 4) is 11.5 Å². The van der Waals surface area contributed by atoms with Crippen LogP contribution in [0, 0.1) is 0 Å². The summed E-state index contributed by atoms with van der Waals surface area (Å²) >= 11 is 0. The van der Waals surface area contributed by atoms with Gasteiger partial charge in [0.25, 0.3) is 0 Å². The smallest absolute Gasteiger partial charge is 0.395 e. The van der Waals surface area contributed by atoms with Crippen LogP contribution in [0.15, 0.2) is 18.2 Å². The minimum Gasteiger partial charge on any atom is -0.395 e. The van der Waals surface area contributed by atoms with Crippen molar-refractivity contribution < 1.29 is 18.3 Å². The topological polar surface area (TPSA) is 30.5 Å². The van der Waals surface area contributed by atoms with Gasteiger partial charge in [-0.25, -0.2) is 0 Å². The van der Waals surface area contributed by atoms with Crippen molar-refractivity contribution in [2.75, 3.05) is 13.1 Å². The number of halogens is 2. The fourth-order valence-corrected chi connectivity index (χ4v) is 2.44. The summed E-state index contributed by atoms with van der Waals surface area (Å²) in [7, 11) is 0. The summed E-state index contributed by atoms with van der Waals surface area (Å²) < 4.78 is 35.1. The molecule has 5 heteroatoms. The highest BCUT2D eigenvalue weighted by molar-refractivity contribution is 5.50. The van der Waals surface area contributed by atoms with Crippen molar-refractivity contribution >= 4 is 0 Å². The third-order valence-electron chi connectivity index (χ3n) is 3.24. The van der Waals surface area contributed by atoms with Crippen LogP contribution in [0.25, 0.3) is 0 Å². The van der Waals surface area contributed by atoms with Gasteiger partial charge in [0.2, 0.25) is 0 Å². The number of ether oxygens (including phenoxy) is 2. The van der Waals surface area contributed by atoms with Gasteiger partial charge in [0.15, 0.2) is 11.5 Å². The van der Waals surface area contributed by atoms with Crippen LogP contribution < -0.4 is 14.8 Å². The van der Waals surface area contributed by atoms with E-state index in [-0.39, 0.29) is 17.4 Å². The summed E-state index contributed by atoms with van der Waals surface area (Å²) in [5.41, 5.74) is 0.834. The van der Waals surface area contributed by atoms with Gasteiger partial charge in [-0.15, -0.1) is 8.78 Å². The van der Waals surface area contributed by atoms with E-state index in [9.17, 15) is 8.78 Å². The molecule has 3 rings (SSSR count). The average molecular weight is 241 g/mol. The lowest BCUT2D eigenvalue weighted by molar-refractivity contribution is -0.287. The van der Waals surface area contributed by atoms with Gasteiger partial charge in [0, 0.05) is 5.56 Å². The molecular formula is C12H13F2NO2. The number of fused-ring (bicyclic) bond motifs is 1. The molecule has 1 fully saturated rings. The lowest BCUT2D eigenvalue weighted by Gasteiger charge is -2.23. The Balaban J connectivity index is 1.94. The summed E-state index contributed by atoms with van der Waals surface area (Å²) in [4.78, 5) is 0. The van der Waals surface area contributed by atoms with Crippen molar-refractivity contribution in [2.24, 2.45) is 0 Å². The molecule has 2 aliphatic rings. The van der Waals surface area contributed by atoms with Gasteiger partial charge in [0.05, 0.1) is 0 Å². The van der Waals surface area contributed by atoms with E-state index in [0.29, 0.717) is 0 Å². The van der Waals surface area contributed by atoms with E-state index in [1.807, 2.05) is 6.07 Å². The van der Waals surface area contributed by atoms with E-state index < -0.39 is 6.29 Å². The van der Waals surface area contributed by atoms with Gasteiger partial charge in [-0.1, -0.05) is 12.1 Å². The summed E-state index contributed by atoms with van der Waals surface area (Å²) in [5, 5.41) is 3.25. The molecule has 1 N–H and O–H groups in total. The number of alkyl halides is 2. The van der Waals surface area contributed by atoms with Crippen LogP contribution in [0.2, 0.25) is 0 Å². The van der Waals surface area contributed by atoms with E-state index in [1.165, 1.54) is 6.07 Å². The number of rotatable bonds is 1. The number of hydrogen-bond donors (Lipinski definition) is 1. The fraction of sp³-hybridized carbons (Fsp3) is 0.500. The zero-order valence-electron chi connectivity index (χ0n) is 9.21. The number of nitrogens with one attached hydrogen (secondary N) is 1. The molecule has 1 aromatic rings. The van der Waals surface area contributed by atoms with Gasteiger partial charge in [-0.2, -0.15) is 0 Å². The van der Waals surface area contributed by atoms with E-state index >= 15 is 0 Å². The van der Waals surface area contributed by atoms with Crippen LogP contribution in [0.5, 0.6) is 11.5 Å². The highest BCUT2D eigenvalue weighted by atomic mass is 19.3. The zero-order chi connectivity index (χ0) is 11.9. The van der Waals surface area contributed by atoms with Crippen LogP contribution >= 0.6 is 0 Å². The van der Waals surface area contributed by atoms with Crippen LogP contribution in [-0.4, -0.2) is 19.4 Å². The second-order valence-electron chi connectivity index (χ2n) is 4.37. The number of para-hydroxylation sites is 1. The van der Waals surface area contributed by atoms with E-state index in [4.69, 9.17) is 0 Å². The monoisotopic (exact) mass is 241 g/mol. The van der Waals surface area contributed by atoms with Gasteiger partial charge >= 0.3 is 6.29 Å². The molecule has 0 atom stereocenters. The summed E-state index contributed by atoms with van der Waals surface area (Å²) in [6.45, 7) is 1.82. The molecule has 0 bridgehead atoms. The number of hydrogen-bond acceptors (Lipinski definition) is 3. The molecule has 1 aromatic carbocycles. The van der Waals surface area contributed by atoms with Crippen LogP contribution in [-0.2, 0) is 0 Å². The minimum atomic E-state index is -3.52. The molecule has 92 valence electrons. The van der Waals surface area contributed by atoms with Crippen molar-refractivity contribution in [3.63, 3.8) is 0 Å². The summed E-state index contributed by atoms with van der Waals surface area (Å²) in [5.74, 6) is 0.624. The third kappa shape index (κ3) is 1.95. The maximum absolute atomic E-state index is 13.0. The molecule has 0 unspecified atom stereocenters. The van der Waals surface area contributed by atoms with Gasteiger partial charge in [-0.3, -0.25) is 0 Å². The Hall–Kier alpha value is -1.36. The first-order valence-corrected chi connectivity index (χ1v) is 5.75. The van der Waals surface area contributed by atoms with E-state index in [0.717, 1.165) is 31.5 Å². The fourth-order valence-electron chi connectivity index (χ4n) is 2.44. The molecule has 0 aliphatic carbocycles. The molecule has 1 saturated heterocycles. The SMILES string of the molecule is FC1(F)Oc2cccc(C3CCNCC3)c2O1. The Kier molecular flexibility index (Phi) is 2.43. The zero-order valence-corrected chi connectivity index (χ0v) is 9.21. The Morgan fingerprint density at radius 1 is 1.18 bits per heavy atom. The third-order valence-corrected chi connectivity index (χ3v) is 3.24. The number of piperidine rings is 1. The van der Waals surface area contributed by atoms with Crippen molar-refractivity contribution in [2.45, 2.75) is 25.1 Å². The largest absolute Gasteiger partial charge is 0.586 e. The van der Waals surface area contributed by atoms with Gasteiger partial charge in [-0.05, 0) is 37.9 Å². The number of benzene rings is 1. The first-order valence-electron chi connectivity index (χ1n) is 5.75. The molecule has 0 spiro atoms. The van der Waals surface area contributed by atoms with Crippen LogP contribution in [0.3, 0.4) is 0 Å². The van der Waals surface area contributed by atoms with E-state index in [1.54, 1.807) is 6.07 Å². The Morgan fingerprint density at radius 2 is 1.94 bits per heavy atom. The maximum atomic E-state index is 13.0. The highest BCUT2D eigenvalue weighted by Crippen LogP contribution is 2.46. The average Bonchev–Trinajstić information content (AvgIpc) is 2.63. The predicted molar refractivity (Wildman–Crippen MR) is 57.5 cm³/mol. The second kappa shape index (κ2) is 3.84. The van der Waals surface area contributed by atoms with Crippen LogP contribution in [0.4, 0.5) is 8.78 Å². The predicted octanol–water partition coefficient (Wildman–Crippen LogP) is 2.48. The molecule has 0 radical (unpaired) electrons. The van der Waals surface area contributed by atoms with Crippen molar-refractivity contribution in [1.82, 2.24) is 5.32 Å². The molecule has 0 saturated carbocycles. The maximum Gasteiger partial charge on any atom is 0.586 e. The highest BCUT2D eigenvalue weighted by Gasteiger charge is 2.45. The Bertz CT molecular complexity index is 431. The van der Waals surface area contributed by atoms with Gasteiger partial charge in [0.1, 0.15) is 0 Å². The molecule has 3 nitrogen and oxygen atoms in total. The van der Waals surface area contributed by atoms with Crippen molar-refractivity contribution in [1.29, 1.82) is 0 Å². The van der Waals surface area contributed by atoms with Crippen molar-refractivity contribution in [3.05, 3.63) is 23.8 Å². The molecule has 0 aromatic heterocycles. The lowest BCUT2D eigenvalue weighted by atomic mass is 9.89. The Morgan fingerprint density at radius 3 is 2.71 bits per heavy atom. The normalized spacial score (nSPS) is 22.7. The van der Waals surface area contributed by atoms with Crippen LogP contribution in [0.1, 0.15) is 24.3 Å². The molecular weight excluding hydrogens is 228 g/mol. The Labute approximate surface area is 97.7 Å². The quantitative estimate of drug-likeness (QED) is 0.819. The van der Waals surface area contributed by atoms with E-state index in [2.05, 4.69) is 14.8 Å². The summed E-state index contributed by atoms with van der Waals surface area (Å²) in [6.07, 6.45) is -1.65. The standard InChI is InChI=1S/C12H13F2NO2/c13-12(14)16-10-3-1-2-9(11(10)17-12)8-4-6-15-7-5-8/h1-3,8,15H,4-7H2. The first kappa shape index (κ1) is 10.8. The summed E-state index contributed by atoms with van der Waals surface area (Å²) in [6, 6.07) is 5.10. The lowest BCUT2D eigenvalue weighted by Crippen LogP contribution is -2.28. The first-order chi connectivity index (χ1) is 8.16. The molecule has 17 heavy (non-hydrogen) atoms. The minimum absolute atomic E-state index is 0.144. The molecule has 0 amide bonds. The second-order valence-corrected chi connectivity index (χ2v) is 4.37.